The van der Waals surface area contributed by atoms with Gasteiger partial charge >= 0.3 is 0 Å². The molecule has 1 aliphatic rings. The molecular formula is C28H35N5S. The molecule has 0 atom stereocenters. The van der Waals surface area contributed by atoms with E-state index in [2.05, 4.69) is 96.4 Å². The molecule has 0 unspecified atom stereocenters. The van der Waals surface area contributed by atoms with Gasteiger partial charge in [0.05, 0.1) is 22.4 Å². The van der Waals surface area contributed by atoms with Crippen LogP contribution in [0, 0.1) is 6.92 Å². The van der Waals surface area contributed by atoms with Gasteiger partial charge in [-0.05, 0) is 37.0 Å². The molecule has 1 aliphatic heterocycles. The van der Waals surface area contributed by atoms with Crippen LogP contribution in [-0.2, 0) is 18.5 Å². The minimum Gasteiger partial charge on any atom is -0.367 e. The lowest BCUT2D eigenvalue weighted by Crippen LogP contribution is -2.46. The number of nitrogens with zero attached hydrogens (tertiary/aromatic N) is 5. The van der Waals surface area contributed by atoms with Crippen molar-refractivity contribution >= 4 is 27.2 Å². The second-order valence-corrected chi connectivity index (χ2v) is 11.3. The first-order valence-corrected chi connectivity index (χ1v) is 13.1. The lowest BCUT2D eigenvalue weighted by Gasteiger charge is -2.36. The van der Waals surface area contributed by atoms with Crippen LogP contribution in [0.2, 0.25) is 0 Å². The SMILES string of the molecule is CCn1cnc(CN2CCN(c3cccc4sc(-c5ccc(C(C)(C)C)cc5)nc34)CC2)c1C. The lowest BCUT2D eigenvalue weighted by molar-refractivity contribution is 0.247. The van der Waals surface area contributed by atoms with Crippen LogP contribution < -0.4 is 4.90 Å². The first kappa shape index (κ1) is 23.1. The molecule has 0 aliphatic carbocycles. The van der Waals surface area contributed by atoms with Crippen LogP contribution in [0.1, 0.15) is 44.6 Å². The fraction of sp³-hybridized carbons (Fsp3) is 0.429. The Balaban J connectivity index is 1.32. The van der Waals surface area contributed by atoms with E-state index < -0.39 is 0 Å². The van der Waals surface area contributed by atoms with E-state index in [1.165, 1.54) is 32.9 Å². The summed E-state index contributed by atoms with van der Waals surface area (Å²) < 4.78 is 3.48. The first-order chi connectivity index (χ1) is 16.3. The molecule has 1 fully saturated rings. The second-order valence-electron chi connectivity index (χ2n) is 10.3. The molecule has 0 spiro atoms. The number of hydrogen-bond donors (Lipinski definition) is 0. The highest BCUT2D eigenvalue weighted by Crippen LogP contribution is 2.36. The molecule has 2 aromatic carbocycles. The topological polar surface area (TPSA) is 37.2 Å². The molecule has 0 radical (unpaired) electrons. The van der Waals surface area contributed by atoms with Gasteiger partial charge in [-0.3, -0.25) is 4.90 Å². The number of para-hydroxylation sites is 1. The molecule has 4 aromatic rings. The summed E-state index contributed by atoms with van der Waals surface area (Å²) in [5, 5.41) is 1.10. The number of piperazine rings is 1. The summed E-state index contributed by atoms with van der Waals surface area (Å²) in [5.41, 5.74) is 7.61. The Morgan fingerprint density at radius 1 is 0.971 bits per heavy atom. The number of aromatic nitrogens is 3. The third-order valence-electron chi connectivity index (χ3n) is 7.02. The summed E-state index contributed by atoms with van der Waals surface area (Å²) in [6.45, 7) is 17.1. The van der Waals surface area contributed by atoms with Crippen LogP contribution in [-0.4, -0.2) is 45.6 Å². The van der Waals surface area contributed by atoms with Gasteiger partial charge in [-0.25, -0.2) is 9.97 Å². The third kappa shape index (κ3) is 4.49. The van der Waals surface area contributed by atoms with Crippen molar-refractivity contribution in [1.82, 2.24) is 19.4 Å². The smallest absolute Gasteiger partial charge is 0.124 e. The Labute approximate surface area is 207 Å². The molecule has 6 heteroatoms. The number of imidazole rings is 1. The molecule has 2 aromatic heterocycles. The van der Waals surface area contributed by atoms with E-state index in [-0.39, 0.29) is 5.41 Å². The van der Waals surface area contributed by atoms with Crippen molar-refractivity contribution in [2.24, 2.45) is 0 Å². The van der Waals surface area contributed by atoms with Crippen LogP contribution in [0.4, 0.5) is 5.69 Å². The molecular weight excluding hydrogens is 438 g/mol. The van der Waals surface area contributed by atoms with Gasteiger partial charge < -0.3 is 9.47 Å². The summed E-state index contributed by atoms with van der Waals surface area (Å²) in [5.74, 6) is 0. The van der Waals surface area contributed by atoms with Gasteiger partial charge in [0.2, 0.25) is 0 Å². The van der Waals surface area contributed by atoms with Crippen molar-refractivity contribution in [3.8, 4) is 10.6 Å². The number of anilines is 1. The van der Waals surface area contributed by atoms with Crippen LogP contribution in [0.5, 0.6) is 0 Å². The lowest BCUT2D eigenvalue weighted by atomic mass is 9.87. The molecule has 0 amide bonds. The molecule has 1 saturated heterocycles. The van der Waals surface area contributed by atoms with Crippen LogP contribution in [0.3, 0.4) is 0 Å². The number of aryl methyl sites for hydroxylation is 1. The number of fused-ring (bicyclic) bond motifs is 1. The Hall–Kier alpha value is -2.70. The second kappa shape index (κ2) is 9.16. The number of thiazole rings is 1. The predicted octanol–water partition coefficient (Wildman–Crippen LogP) is 6.11. The molecule has 5 rings (SSSR count). The van der Waals surface area contributed by atoms with Crippen LogP contribution in [0.25, 0.3) is 20.8 Å². The van der Waals surface area contributed by atoms with Crippen molar-refractivity contribution in [2.45, 2.75) is 53.1 Å². The Kier molecular flexibility index (Phi) is 6.21. The van der Waals surface area contributed by atoms with Gasteiger partial charge in [0, 0.05) is 50.5 Å². The van der Waals surface area contributed by atoms with E-state index in [9.17, 15) is 0 Å². The Morgan fingerprint density at radius 2 is 1.71 bits per heavy atom. The standard InChI is InChI=1S/C28H35N5S/c1-6-32-19-29-23(20(32)2)18-31-14-16-33(17-15-31)24-8-7-9-25-26(24)30-27(34-25)21-10-12-22(13-11-21)28(3,4)5/h7-13,19H,6,14-18H2,1-5H3. The van der Waals surface area contributed by atoms with Gasteiger partial charge in [0.25, 0.3) is 0 Å². The summed E-state index contributed by atoms with van der Waals surface area (Å²) in [6, 6.07) is 15.5. The van der Waals surface area contributed by atoms with E-state index in [0.717, 1.165) is 49.8 Å². The summed E-state index contributed by atoms with van der Waals surface area (Å²) in [7, 11) is 0. The van der Waals surface area contributed by atoms with Gasteiger partial charge in [-0.15, -0.1) is 11.3 Å². The van der Waals surface area contributed by atoms with E-state index in [1.807, 2.05) is 6.33 Å². The Morgan fingerprint density at radius 3 is 2.35 bits per heavy atom. The van der Waals surface area contributed by atoms with Gasteiger partial charge in [-0.1, -0.05) is 51.1 Å². The van der Waals surface area contributed by atoms with E-state index in [0.29, 0.717) is 0 Å². The first-order valence-electron chi connectivity index (χ1n) is 12.3. The maximum absolute atomic E-state index is 5.11. The zero-order chi connectivity index (χ0) is 23.9. The fourth-order valence-electron chi connectivity index (χ4n) is 4.74. The molecule has 5 nitrogen and oxygen atoms in total. The normalized spacial score (nSPS) is 15.4. The van der Waals surface area contributed by atoms with Crippen molar-refractivity contribution in [3.63, 3.8) is 0 Å². The third-order valence-corrected chi connectivity index (χ3v) is 8.09. The average Bonchev–Trinajstić information content (AvgIpc) is 3.42. The molecule has 0 saturated carbocycles. The van der Waals surface area contributed by atoms with Crippen molar-refractivity contribution in [2.75, 3.05) is 31.1 Å². The molecule has 178 valence electrons. The van der Waals surface area contributed by atoms with E-state index in [1.54, 1.807) is 11.3 Å². The Bertz CT molecular complexity index is 1270. The molecule has 0 N–H and O–H groups in total. The highest BCUT2D eigenvalue weighted by atomic mass is 32.1. The monoisotopic (exact) mass is 473 g/mol. The molecule has 3 heterocycles. The summed E-state index contributed by atoms with van der Waals surface area (Å²) >= 11 is 1.79. The fourth-order valence-corrected chi connectivity index (χ4v) is 5.74. The van der Waals surface area contributed by atoms with Gasteiger partial charge in [0.1, 0.15) is 10.5 Å². The van der Waals surface area contributed by atoms with Crippen molar-refractivity contribution in [1.29, 1.82) is 0 Å². The average molecular weight is 474 g/mol. The summed E-state index contributed by atoms with van der Waals surface area (Å²) in [4.78, 5) is 14.8. The van der Waals surface area contributed by atoms with Gasteiger partial charge in [-0.2, -0.15) is 0 Å². The van der Waals surface area contributed by atoms with Crippen LogP contribution >= 0.6 is 11.3 Å². The highest BCUT2D eigenvalue weighted by Gasteiger charge is 2.22. The zero-order valence-electron chi connectivity index (χ0n) is 21.0. The quantitative estimate of drug-likeness (QED) is 0.351. The number of rotatable bonds is 5. The predicted molar refractivity (Wildman–Crippen MR) is 144 cm³/mol. The minimum absolute atomic E-state index is 0.163. The maximum Gasteiger partial charge on any atom is 0.124 e. The zero-order valence-corrected chi connectivity index (χ0v) is 21.8. The highest BCUT2D eigenvalue weighted by molar-refractivity contribution is 7.21. The van der Waals surface area contributed by atoms with Crippen molar-refractivity contribution in [3.05, 3.63) is 65.7 Å². The molecule has 34 heavy (non-hydrogen) atoms. The van der Waals surface area contributed by atoms with E-state index in [4.69, 9.17) is 4.98 Å². The number of hydrogen-bond acceptors (Lipinski definition) is 5. The summed E-state index contributed by atoms with van der Waals surface area (Å²) in [6.07, 6.45) is 1.97. The van der Waals surface area contributed by atoms with Crippen LogP contribution in [0.15, 0.2) is 48.8 Å². The number of benzene rings is 2. The molecule has 0 bridgehead atoms. The largest absolute Gasteiger partial charge is 0.367 e. The maximum atomic E-state index is 5.11. The van der Waals surface area contributed by atoms with Crippen molar-refractivity contribution < 1.29 is 0 Å². The van der Waals surface area contributed by atoms with Gasteiger partial charge in [0.15, 0.2) is 0 Å². The minimum atomic E-state index is 0.163. The van der Waals surface area contributed by atoms with E-state index >= 15 is 0 Å².